The van der Waals surface area contributed by atoms with Crippen molar-refractivity contribution in [2.75, 3.05) is 32.8 Å². The minimum atomic E-state index is -1.09. The summed E-state index contributed by atoms with van der Waals surface area (Å²) in [6.45, 7) is 14.1. The van der Waals surface area contributed by atoms with Crippen LogP contribution in [0.15, 0.2) is 54.6 Å². The molecule has 4 atom stereocenters. The maximum atomic E-state index is 13.6. The van der Waals surface area contributed by atoms with Gasteiger partial charge in [0.25, 0.3) is 0 Å². The van der Waals surface area contributed by atoms with E-state index in [9.17, 15) is 33.6 Å². The minimum absolute atomic E-state index is 0.0601. The summed E-state index contributed by atoms with van der Waals surface area (Å²) in [6, 6.07) is 11.3. The minimum Gasteiger partial charge on any atom is -0.458 e. The summed E-state index contributed by atoms with van der Waals surface area (Å²) in [4.78, 5) is 90.2. The molecule has 0 aromatic heterocycles. The van der Waals surface area contributed by atoms with Crippen molar-refractivity contribution < 1.29 is 47.9 Å². The largest absolute Gasteiger partial charge is 0.458 e. The third-order valence-electron chi connectivity index (χ3n) is 8.44. The SMILES string of the molecule is CC[NH+](CC)CCOC(=O)C(CC(C)C)NC(=O)C(Cc1ccccc1)NC(=O)CNC(=O)C(C)NC(=O)C(Cc1ccc(OC(C)=O)cc1)NC(C)=O. The fraction of sp³-hybridized carbons (Fsp3) is 0.513. The van der Waals surface area contributed by atoms with Gasteiger partial charge in [0, 0.05) is 26.7 Å². The van der Waals surface area contributed by atoms with Crippen molar-refractivity contribution in [3.05, 3.63) is 65.7 Å². The standard InChI is InChI=1S/C39H56N6O9/c1-8-45(9-2)19-20-53-39(52)34(21-25(3)4)44-38(51)33(22-29-13-11-10-12-14-29)43-35(48)24-40-36(49)26(5)41-37(50)32(42-27(6)46)23-30-15-17-31(18-16-30)54-28(7)47/h10-18,25-26,32-34H,8-9,19-24H2,1-7H3,(H,40,49)(H,41,50)(H,42,46)(H,43,48)(H,44,51)/p+1. The number of carbonyl (C=O) groups excluding carboxylic acids is 7. The lowest BCUT2D eigenvalue weighted by molar-refractivity contribution is -0.896. The van der Waals surface area contributed by atoms with E-state index in [-0.39, 0.29) is 25.4 Å². The van der Waals surface area contributed by atoms with Crippen LogP contribution in [0.4, 0.5) is 0 Å². The van der Waals surface area contributed by atoms with Gasteiger partial charge in [0.1, 0.15) is 43.1 Å². The second kappa shape index (κ2) is 23.4. The Bertz CT molecular complexity index is 1550. The van der Waals surface area contributed by atoms with E-state index in [1.807, 2.05) is 19.9 Å². The number of likely N-dealkylation sites (N-methyl/N-ethyl adjacent to an activating group) is 1. The van der Waals surface area contributed by atoms with Gasteiger partial charge in [-0.05, 0) is 56.4 Å². The molecule has 0 radical (unpaired) electrons. The Kier molecular flexibility index (Phi) is 19.4. The van der Waals surface area contributed by atoms with Crippen LogP contribution in [0.2, 0.25) is 0 Å². The van der Waals surface area contributed by atoms with Crippen LogP contribution in [-0.4, -0.2) is 98.4 Å². The van der Waals surface area contributed by atoms with Crippen LogP contribution >= 0.6 is 0 Å². The zero-order valence-electron chi connectivity index (χ0n) is 32.4. The van der Waals surface area contributed by atoms with Crippen LogP contribution in [0.25, 0.3) is 0 Å². The van der Waals surface area contributed by atoms with Gasteiger partial charge in [0.05, 0.1) is 19.6 Å². The molecule has 5 amide bonds. The molecule has 2 aromatic rings. The lowest BCUT2D eigenvalue weighted by Gasteiger charge is -2.24. The van der Waals surface area contributed by atoms with Gasteiger partial charge in [-0.3, -0.25) is 28.8 Å². The highest BCUT2D eigenvalue weighted by molar-refractivity contribution is 5.94. The van der Waals surface area contributed by atoms with E-state index in [0.717, 1.165) is 18.7 Å². The summed E-state index contributed by atoms with van der Waals surface area (Å²) in [6.07, 6.45) is 0.532. The molecule has 4 unspecified atom stereocenters. The highest BCUT2D eigenvalue weighted by atomic mass is 16.5. The quantitative estimate of drug-likeness (QED) is 0.0708. The molecule has 0 aliphatic rings. The molecule has 0 saturated carbocycles. The zero-order chi connectivity index (χ0) is 40.2. The first-order valence-corrected chi connectivity index (χ1v) is 18.4. The molecule has 54 heavy (non-hydrogen) atoms. The van der Waals surface area contributed by atoms with Gasteiger partial charge in [-0.2, -0.15) is 0 Å². The van der Waals surface area contributed by atoms with Gasteiger partial charge in [0.15, 0.2) is 0 Å². The first kappa shape index (κ1) is 44.8. The summed E-state index contributed by atoms with van der Waals surface area (Å²) in [5.41, 5.74) is 1.42. The topological polar surface area (TPSA) is 203 Å². The smallest absolute Gasteiger partial charge is 0.328 e. The number of ether oxygens (including phenoxy) is 2. The van der Waals surface area contributed by atoms with Gasteiger partial charge in [-0.25, -0.2) is 4.79 Å². The number of carbonyl (C=O) groups is 7. The van der Waals surface area contributed by atoms with Crippen LogP contribution in [0.3, 0.4) is 0 Å². The molecule has 0 bridgehead atoms. The Labute approximate surface area is 317 Å². The molecule has 2 rings (SSSR count). The van der Waals surface area contributed by atoms with Crippen molar-refractivity contribution in [1.82, 2.24) is 26.6 Å². The van der Waals surface area contributed by atoms with Crippen molar-refractivity contribution >= 4 is 41.5 Å². The van der Waals surface area contributed by atoms with Crippen LogP contribution in [0, 0.1) is 5.92 Å². The molecule has 0 heterocycles. The highest BCUT2D eigenvalue weighted by Gasteiger charge is 2.29. The molecule has 2 aromatic carbocycles. The molecular formula is C39H57N6O9+. The van der Waals surface area contributed by atoms with Gasteiger partial charge in [-0.15, -0.1) is 0 Å². The predicted molar refractivity (Wildman–Crippen MR) is 201 cm³/mol. The van der Waals surface area contributed by atoms with Crippen molar-refractivity contribution in [3.8, 4) is 5.75 Å². The van der Waals surface area contributed by atoms with Gasteiger partial charge in [-0.1, -0.05) is 56.3 Å². The molecular weight excluding hydrogens is 696 g/mol. The molecule has 15 nitrogen and oxygen atoms in total. The number of quaternary nitrogens is 1. The predicted octanol–water partition coefficient (Wildman–Crippen LogP) is 0.00630. The second-order valence-electron chi connectivity index (χ2n) is 13.5. The van der Waals surface area contributed by atoms with Crippen LogP contribution in [0.5, 0.6) is 5.75 Å². The third-order valence-corrected chi connectivity index (χ3v) is 8.44. The van der Waals surface area contributed by atoms with Crippen molar-refractivity contribution in [3.63, 3.8) is 0 Å². The maximum Gasteiger partial charge on any atom is 0.328 e. The maximum absolute atomic E-state index is 13.6. The van der Waals surface area contributed by atoms with E-state index in [2.05, 4.69) is 40.4 Å². The molecule has 0 aliphatic carbocycles. The lowest BCUT2D eigenvalue weighted by Crippen LogP contribution is -3.11. The molecule has 6 N–H and O–H groups in total. The molecule has 0 saturated heterocycles. The Hall–Kier alpha value is -5.31. The summed E-state index contributed by atoms with van der Waals surface area (Å²) in [5.74, 6) is -3.67. The molecule has 0 aliphatic heterocycles. The van der Waals surface area contributed by atoms with Crippen molar-refractivity contribution in [2.24, 2.45) is 5.92 Å². The fourth-order valence-electron chi connectivity index (χ4n) is 5.51. The average Bonchev–Trinajstić information content (AvgIpc) is 3.12. The number of rotatable bonds is 22. The van der Waals surface area contributed by atoms with Gasteiger partial charge < -0.3 is 41.0 Å². The van der Waals surface area contributed by atoms with Crippen LogP contribution in [0.1, 0.15) is 66.0 Å². The highest BCUT2D eigenvalue weighted by Crippen LogP contribution is 2.14. The van der Waals surface area contributed by atoms with Gasteiger partial charge >= 0.3 is 11.9 Å². The molecule has 0 fully saturated rings. The monoisotopic (exact) mass is 753 g/mol. The normalized spacial score (nSPS) is 13.1. The van der Waals surface area contributed by atoms with E-state index >= 15 is 0 Å². The molecule has 296 valence electrons. The zero-order valence-corrected chi connectivity index (χ0v) is 32.4. The first-order chi connectivity index (χ1) is 25.6. The number of hydrogen-bond acceptors (Lipinski definition) is 9. The Balaban J connectivity index is 2.05. The fourth-order valence-corrected chi connectivity index (χ4v) is 5.51. The van der Waals surface area contributed by atoms with Crippen LogP contribution < -0.4 is 36.2 Å². The van der Waals surface area contributed by atoms with Crippen LogP contribution in [-0.2, 0) is 51.1 Å². The summed E-state index contributed by atoms with van der Waals surface area (Å²) >= 11 is 0. The Morgan fingerprint density at radius 2 is 1.26 bits per heavy atom. The van der Waals surface area contributed by atoms with E-state index in [1.54, 1.807) is 48.5 Å². The number of hydrogen-bond donors (Lipinski definition) is 6. The van der Waals surface area contributed by atoms with Crippen molar-refractivity contribution in [2.45, 2.75) is 91.9 Å². The average molecular weight is 754 g/mol. The molecule has 15 heteroatoms. The third kappa shape index (κ3) is 17.0. The summed E-state index contributed by atoms with van der Waals surface area (Å²) < 4.78 is 10.6. The summed E-state index contributed by atoms with van der Waals surface area (Å²) in [7, 11) is 0. The number of esters is 2. The Morgan fingerprint density at radius 3 is 1.81 bits per heavy atom. The number of benzene rings is 2. The first-order valence-electron chi connectivity index (χ1n) is 18.4. The van der Waals surface area contributed by atoms with E-state index in [4.69, 9.17) is 9.47 Å². The lowest BCUT2D eigenvalue weighted by atomic mass is 10.0. The van der Waals surface area contributed by atoms with E-state index < -0.39 is 72.2 Å². The van der Waals surface area contributed by atoms with E-state index in [1.165, 1.54) is 25.7 Å². The Morgan fingerprint density at radius 1 is 0.685 bits per heavy atom. The molecule has 0 spiro atoms. The second-order valence-corrected chi connectivity index (χ2v) is 13.5. The number of amides is 5. The van der Waals surface area contributed by atoms with Gasteiger partial charge in [0.2, 0.25) is 29.5 Å². The summed E-state index contributed by atoms with van der Waals surface area (Å²) in [5, 5.41) is 13.0. The number of nitrogens with one attached hydrogen (secondary N) is 6. The van der Waals surface area contributed by atoms with Crippen molar-refractivity contribution in [1.29, 1.82) is 0 Å². The van der Waals surface area contributed by atoms with E-state index in [0.29, 0.717) is 24.3 Å².